The Labute approximate surface area is 186 Å². The maximum Gasteiger partial charge on any atom is 0.234 e. The van der Waals surface area contributed by atoms with Gasteiger partial charge < -0.3 is 5.32 Å². The second-order valence-corrected chi connectivity index (χ2v) is 8.31. The van der Waals surface area contributed by atoms with Crippen molar-refractivity contribution in [3.8, 4) is 17.1 Å². The summed E-state index contributed by atoms with van der Waals surface area (Å²) in [6, 6.07) is 19.4. The van der Waals surface area contributed by atoms with Crippen LogP contribution in [-0.4, -0.2) is 31.4 Å². The molecule has 8 heteroatoms. The number of amides is 1. The molecule has 0 saturated carbocycles. The van der Waals surface area contributed by atoms with E-state index in [9.17, 15) is 4.79 Å². The van der Waals surface area contributed by atoms with E-state index in [-0.39, 0.29) is 11.7 Å². The molecule has 1 amide bonds. The number of thioether (sulfide) groups is 1. The largest absolute Gasteiger partial charge is 0.325 e. The number of pyridine rings is 1. The summed E-state index contributed by atoms with van der Waals surface area (Å²) in [4.78, 5) is 16.6. The lowest BCUT2D eigenvalue weighted by molar-refractivity contribution is -0.113. The van der Waals surface area contributed by atoms with Crippen molar-refractivity contribution in [1.82, 2.24) is 19.7 Å². The third-order valence-electron chi connectivity index (χ3n) is 4.36. The van der Waals surface area contributed by atoms with Gasteiger partial charge in [-0.05, 0) is 55.0 Å². The summed E-state index contributed by atoms with van der Waals surface area (Å²) >= 11 is 4.81. The first kappa shape index (κ1) is 20.3. The average molecular weight is 480 g/mol. The van der Waals surface area contributed by atoms with Crippen LogP contribution in [0.25, 0.3) is 17.1 Å². The Hall–Kier alpha value is -2.97. The molecule has 0 spiro atoms. The molecule has 0 unspecified atom stereocenters. The molecule has 30 heavy (non-hydrogen) atoms. The van der Waals surface area contributed by atoms with Gasteiger partial charge in [-0.3, -0.25) is 14.3 Å². The minimum absolute atomic E-state index is 0.102. The van der Waals surface area contributed by atoms with Crippen LogP contribution in [0.3, 0.4) is 0 Å². The van der Waals surface area contributed by atoms with Crippen molar-refractivity contribution >= 4 is 39.3 Å². The number of hydrogen-bond donors (Lipinski definition) is 1. The van der Waals surface area contributed by atoms with Crippen molar-refractivity contribution in [1.29, 1.82) is 0 Å². The molecule has 0 aliphatic rings. The summed E-state index contributed by atoms with van der Waals surface area (Å²) in [7, 11) is 0. The molecule has 0 atom stereocenters. The predicted molar refractivity (Wildman–Crippen MR) is 123 cm³/mol. The number of nitrogens with one attached hydrogen (secondary N) is 1. The van der Waals surface area contributed by atoms with Gasteiger partial charge in [-0.25, -0.2) is 0 Å². The van der Waals surface area contributed by atoms with E-state index in [0.29, 0.717) is 11.0 Å². The van der Waals surface area contributed by atoms with Crippen LogP contribution in [0.1, 0.15) is 5.56 Å². The van der Waals surface area contributed by atoms with Crippen molar-refractivity contribution in [2.75, 3.05) is 11.1 Å². The Morgan fingerprint density at radius 1 is 1.07 bits per heavy atom. The highest BCUT2D eigenvalue weighted by atomic mass is 79.9. The molecule has 0 bridgehead atoms. The molecule has 0 saturated heterocycles. The molecule has 1 N–H and O–H groups in total. The zero-order chi connectivity index (χ0) is 20.9. The fraction of sp³-hybridized carbons (Fsp3) is 0.0909. The smallest absolute Gasteiger partial charge is 0.234 e. The molecule has 0 fully saturated rings. The monoisotopic (exact) mass is 479 g/mol. The van der Waals surface area contributed by atoms with E-state index in [2.05, 4.69) is 36.4 Å². The zero-order valence-electron chi connectivity index (χ0n) is 16.1. The molecule has 6 nitrogen and oxygen atoms in total. The Morgan fingerprint density at radius 2 is 1.83 bits per heavy atom. The molecule has 4 rings (SSSR count). The van der Waals surface area contributed by atoms with E-state index in [1.807, 2.05) is 72.2 Å². The Bertz CT molecular complexity index is 1160. The van der Waals surface area contributed by atoms with Gasteiger partial charge in [0.15, 0.2) is 11.0 Å². The maximum absolute atomic E-state index is 12.5. The van der Waals surface area contributed by atoms with E-state index in [0.717, 1.165) is 27.0 Å². The van der Waals surface area contributed by atoms with Gasteiger partial charge in [-0.1, -0.05) is 45.9 Å². The van der Waals surface area contributed by atoms with Gasteiger partial charge >= 0.3 is 0 Å². The highest BCUT2D eigenvalue weighted by Crippen LogP contribution is 2.28. The third kappa shape index (κ3) is 4.60. The van der Waals surface area contributed by atoms with E-state index in [1.54, 1.807) is 12.4 Å². The van der Waals surface area contributed by atoms with Crippen LogP contribution < -0.4 is 5.32 Å². The number of halogens is 1. The molecule has 2 aromatic heterocycles. The van der Waals surface area contributed by atoms with Gasteiger partial charge in [0.2, 0.25) is 5.91 Å². The number of nitrogens with zero attached hydrogens (tertiary/aromatic N) is 4. The van der Waals surface area contributed by atoms with Gasteiger partial charge in [0.1, 0.15) is 0 Å². The van der Waals surface area contributed by atoms with Crippen molar-refractivity contribution in [2.24, 2.45) is 0 Å². The molecular weight excluding hydrogens is 462 g/mol. The molecule has 0 aliphatic carbocycles. The predicted octanol–water partition coefficient (Wildman–Crippen LogP) is 5.13. The van der Waals surface area contributed by atoms with E-state index in [4.69, 9.17) is 0 Å². The maximum atomic E-state index is 12.5. The number of carbonyl (C=O) groups is 1. The van der Waals surface area contributed by atoms with Crippen LogP contribution in [-0.2, 0) is 4.79 Å². The second kappa shape index (κ2) is 9.23. The number of aryl methyl sites for hydroxylation is 1. The second-order valence-electron chi connectivity index (χ2n) is 6.51. The lowest BCUT2D eigenvalue weighted by Gasteiger charge is -2.10. The third-order valence-corrected chi connectivity index (χ3v) is 6.18. The average Bonchev–Trinajstić information content (AvgIpc) is 3.20. The first-order valence-corrected chi connectivity index (χ1v) is 11.0. The molecule has 0 radical (unpaired) electrons. The molecule has 4 aromatic rings. The Balaban J connectivity index is 1.56. The lowest BCUT2D eigenvalue weighted by atomic mass is 10.2. The topological polar surface area (TPSA) is 72.7 Å². The Morgan fingerprint density at radius 3 is 2.57 bits per heavy atom. The molecular formula is C22H18BrN5OS. The highest BCUT2D eigenvalue weighted by Gasteiger charge is 2.17. The minimum atomic E-state index is -0.102. The van der Waals surface area contributed by atoms with Crippen molar-refractivity contribution in [3.63, 3.8) is 0 Å². The Kier molecular flexibility index (Phi) is 6.25. The molecule has 0 aliphatic heterocycles. The molecule has 2 heterocycles. The number of benzene rings is 2. The summed E-state index contributed by atoms with van der Waals surface area (Å²) in [6.45, 7) is 1.98. The molecule has 150 valence electrons. The number of carbonyl (C=O) groups excluding carboxylic acids is 1. The van der Waals surface area contributed by atoms with E-state index >= 15 is 0 Å². The number of hydrogen-bond acceptors (Lipinski definition) is 5. The van der Waals surface area contributed by atoms with Gasteiger partial charge in [0.25, 0.3) is 0 Å². The van der Waals surface area contributed by atoms with Crippen LogP contribution in [0, 0.1) is 6.92 Å². The van der Waals surface area contributed by atoms with Crippen LogP contribution in [0.15, 0.2) is 82.7 Å². The summed E-state index contributed by atoms with van der Waals surface area (Å²) in [5.41, 5.74) is 3.67. The minimum Gasteiger partial charge on any atom is -0.325 e. The number of rotatable bonds is 6. The van der Waals surface area contributed by atoms with Crippen LogP contribution >= 0.6 is 27.7 Å². The van der Waals surface area contributed by atoms with Gasteiger partial charge in [-0.15, -0.1) is 10.2 Å². The molecule has 2 aromatic carbocycles. The van der Waals surface area contributed by atoms with Gasteiger partial charge in [-0.2, -0.15) is 0 Å². The standard InChI is InChI=1S/C22H18BrN5OS/c1-15-13-17(7-8-19(15)23)25-20(29)14-30-22-27-26-21(16-9-11-24-12-10-16)28(22)18-5-3-2-4-6-18/h2-13H,14H2,1H3,(H,25,29). The van der Waals surface area contributed by atoms with Crippen molar-refractivity contribution in [2.45, 2.75) is 12.1 Å². The fourth-order valence-electron chi connectivity index (χ4n) is 2.91. The van der Waals surface area contributed by atoms with Crippen LogP contribution in [0.4, 0.5) is 5.69 Å². The first-order chi connectivity index (χ1) is 14.6. The van der Waals surface area contributed by atoms with Crippen molar-refractivity contribution < 1.29 is 4.79 Å². The zero-order valence-corrected chi connectivity index (χ0v) is 18.5. The number of anilines is 1. The van der Waals surface area contributed by atoms with E-state index < -0.39 is 0 Å². The highest BCUT2D eigenvalue weighted by molar-refractivity contribution is 9.10. The first-order valence-electron chi connectivity index (χ1n) is 9.22. The van der Waals surface area contributed by atoms with Crippen molar-refractivity contribution in [3.05, 3.63) is 83.1 Å². The number of aromatic nitrogens is 4. The van der Waals surface area contributed by atoms with Gasteiger partial charge in [0, 0.05) is 33.8 Å². The quantitative estimate of drug-likeness (QED) is 0.388. The van der Waals surface area contributed by atoms with Gasteiger partial charge in [0.05, 0.1) is 5.75 Å². The number of para-hydroxylation sites is 1. The van der Waals surface area contributed by atoms with Crippen LogP contribution in [0.2, 0.25) is 0 Å². The SMILES string of the molecule is Cc1cc(NC(=O)CSc2nnc(-c3ccncc3)n2-c2ccccc2)ccc1Br. The summed E-state index contributed by atoms with van der Waals surface area (Å²) in [5, 5.41) is 12.3. The summed E-state index contributed by atoms with van der Waals surface area (Å²) in [5.74, 6) is 0.820. The van der Waals surface area contributed by atoms with E-state index in [1.165, 1.54) is 11.8 Å². The summed E-state index contributed by atoms with van der Waals surface area (Å²) in [6.07, 6.45) is 3.44. The summed E-state index contributed by atoms with van der Waals surface area (Å²) < 4.78 is 2.96. The van der Waals surface area contributed by atoms with Crippen LogP contribution in [0.5, 0.6) is 0 Å². The fourth-order valence-corrected chi connectivity index (χ4v) is 3.91. The lowest BCUT2D eigenvalue weighted by Crippen LogP contribution is -2.14. The normalized spacial score (nSPS) is 10.7.